The van der Waals surface area contributed by atoms with Gasteiger partial charge in [0, 0.05) is 69.8 Å². The van der Waals surface area contributed by atoms with Crippen LogP contribution in [-0.4, -0.2) is 80.9 Å². The van der Waals surface area contributed by atoms with Crippen LogP contribution in [-0.2, 0) is 0 Å². The molecule has 7 nitrogen and oxygen atoms in total. The first-order chi connectivity index (χ1) is 14.2. The van der Waals surface area contributed by atoms with Crippen LogP contribution in [0.2, 0.25) is 0 Å². The number of likely N-dealkylation sites (N-methyl/N-ethyl adjacent to an activating group) is 1. The Balaban J connectivity index is 1.41. The van der Waals surface area contributed by atoms with Crippen LogP contribution in [0.25, 0.3) is 0 Å². The van der Waals surface area contributed by atoms with Crippen LogP contribution in [0.4, 0.5) is 17.5 Å². The molecule has 3 heterocycles. The molecule has 0 spiro atoms. The smallest absolute Gasteiger partial charge is 0.227 e. The van der Waals surface area contributed by atoms with E-state index in [1.807, 2.05) is 12.1 Å². The third-order valence-electron chi connectivity index (χ3n) is 5.97. The molecule has 0 saturated carbocycles. The van der Waals surface area contributed by atoms with Crippen molar-refractivity contribution in [2.45, 2.75) is 13.8 Å². The van der Waals surface area contributed by atoms with E-state index in [-0.39, 0.29) is 0 Å². The van der Waals surface area contributed by atoms with Gasteiger partial charge in [0.05, 0.1) is 7.11 Å². The second kappa shape index (κ2) is 8.86. The SMILES string of the molecule is CCN1CCN(c2cc(C)nc(N3CCN(c4ccc(OC)cc4)CC3)n2)CC1. The highest BCUT2D eigenvalue weighted by Gasteiger charge is 2.22. The van der Waals surface area contributed by atoms with E-state index >= 15 is 0 Å². The summed E-state index contributed by atoms with van der Waals surface area (Å²) in [6.45, 7) is 13.5. The van der Waals surface area contributed by atoms with E-state index in [1.165, 1.54) is 5.69 Å². The molecule has 156 valence electrons. The molecular formula is C22H32N6O. The van der Waals surface area contributed by atoms with E-state index in [0.717, 1.165) is 82.1 Å². The van der Waals surface area contributed by atoms with E-state index < -0.39 is 0 Å². The molecule has 0 radical (unpaired) electrons. The minimum atomic E-state index is 0.868. The van der Waals surface area contributed by atoms with Gasteiger partial charge in [0.2, 0.25) is 5.95 Å². The zero-order valence-electron chi connectivity index (χ0n) is 17.8. The second-order valence-electron chi connectivity index (χ2n) is 7.76. The van der Waals surface area contributed by atoms with Gasteiger partial charge in [-0.2, -0.15) is 4.98 Å². The Morgan fingerprint density at radius 1 is 0.828 bits per heavy atom. The van der Waals surface area contributed by atoms with Crippen molar-refractivity contribution in [3.8, 4) is 5.75 Å². The standard InChI is InChI=1S/C22H32N6O/c1-4-25-9-11-27(12-10-25)21-17-18(2)23-22(24-21)28-15-13-26(14-16-28)19-5-7-20(29-3)8-6-19/h5-8,17H,4,9-16H2,1-3H3. The molecule has 2 fully saturated rings. The number of anilines is 3. The molecule has 0 atom stereocenters. The van der Waals surface area contributed by atoms with Crippen molar-refractivity contribution < 1.29 is 4.74 Å². The van der Waals surface area contributed by atoms with Crippen molar-refractivity contribution in [1.29, 1.82) is 0 Å². The Labute approximate surface area is 173 Å². The summed E-state index contributed by atoms with van der Waals surface area (Å²) in [7, 11) is 1.70. The molecule has 1 aromatic heterocycles. The van der Waals surface area contributed by atoms with Crippen molar-refractivity contribution in [3.63, 3.8) is 0 Å². The molecule has 7 heteroatoms. The predicted molar refractivity (Wildman–Crippen MR) is 119 cm³/mol. The summed E-state index contributed by atoms with van der Waals surface area (Å²) in [6.07, 6.45) is 0. The molecule has 0 aliphatic carbocycles. The molecule has 0 amide bonds. The summed E-state index contributed by atoms with van der Waals surface area (Å²) in [5.74, 6) is 2.83. The van der Waals surface area contributed by atoms with Gasteiger partial charge in [0.15, 0.2) is 0 Å². The largest absolute Gasteiger partial charge is 0.497 e. The van der Waals surface area contributed by atoms with Gasteiger partial charge < -0.3 is 24.3 Å². The van der Waals surface area contributed by atoms with E-state index in [9.17, 15) is 0 Å². The van der Waals surface area contributed by atoms with Crippen LogP contribution >= 0.6 is 0 Å². The van der Waals surface area contributed by atoms with Crippen LogP contribution in [0, 0.1) is 6.92 Å². The molecular weight excluding hydrogens is 364 g/mol. The van der Waals surface area contributed by atoms with Gasteiger partial charge in [-0.25, -0.2) is 4.98 Å². The van der Waals surface area contributed by atoms with Crippen molar-refractivity contribution in [2.24, 2.45) is 0 Å². The van der Waals surface area contributed by atoms with Gasteiger partial charge in [-0.15, -0.1) is 0 Å². The summed E-state index contributed by atoms with van der Waals surface area (Å²) < 4.78 is 5.27. The number of rotatable bonds is 5. The molecule has 1 aromatic carbocycles. The van der Waals surface area contributed by atoms with Crippen LogP contribution in [0.5, 0.6) is 5.75 Å². The van der Waals surface area contributed by atoms with Crippen LogP contribution in [0.1, 0.15) is 12.6 Å². The molecule has 0 N–H and O–H groups in total. The fourth-order valence-electron chi connectivity index (χ4n) is 4.09. The quantitative estimate of drug-likeness (QED) is 0.768. The zero-order chi connectivity index (χ0) is 20.2. The number of methoxy groups -OCH3 is 1. The fourth-order valence-corrected chi connectivity index (χ4v) is 4.09. The normalized spacial score (nSPS) is 18.2. The van der Waals surface area contributed by atoms with Gasteiger partial charge in [0.1, 0.15) is 11.6 Å². The maximum Gasteiger partial charge on any atom is 0.227 e. The summed E-state index contributed by atoms with van der Waals surface area (Å²) in [4.78, 5) is 19.3. The van der Waals surface area contributed by atoms with E-state index in [4.69, 9.17) is 14.7 Å². The number of aromatic nitrogens is 2. The maximum atomic E-state index is 5.27. The lowest BCUT2D eigenvalue weighted by Gasteiger charge is -2.37. The van der Waals surface area contributed by atoms with Gasteiger partial charge >= 0.3 is 0 Å². The molecule has 2 aliphatic heterocycles. The molecule has 0 unspecified atom stereocenters. The third kappa shape index (κ3) is 4.56. The Kier molecular flexibility index (Phi) is 6.04. The van der Waals surface area contributed by atoms with Crippen molar-refractivity contribution in [2.75, 3.05) is 80.7 Å². The molecule has 29 heavy (non-hydrogen) atoms. The molecule has 2 aromatic rings. The molecule has 2 saturated heterocycles. The van der Waals surface area contributed by atoms with Crippen molar-refractivity contribution >= 4 is 17.5 Å². The van der Waals surface area contributed by atoms with Crippen LogP contribution in [0.3, 0.4) is 0 Å². The Bertz CT molecular complexity index is 795. The zero-order valence-corrected chi connectivity index (χ0v) is 17.8. The number of piperazine rings is 2. The van der Waals surface area contributed by atoms with Crippen molar-refractivity contribution in [1.82, 2.24) is 14.9 Å². The summed E-state index contributed by atoms with van der Waals surface area (Å²) in [5.41, 5.74) is 2.28. The van der Waals surface area contributed by atoms with E-state index in [0.29, 0.717) is 0 Å². The number of hydrogen-bond donors (Lipinski definition) is 0. The third-order valence-corrected chi connectivity index (χ3v) is 5.97. The Morgan fingerprint density at radius 2 is 1.45 bits per heavy atom. The number of benzene rings is 1. The summed E-state index contributed by atoms with van der Waals surface area (Å²) in [6, 6.07) is 10.4. The van der Waals surface area contributed by atoms with E-state index in [1.54, 1.807) is 7.11 Å². The van der Waals surface area contributed by atoms with E-state index in [2.05, 4.69) is 51.6 Å². The second-order valence-corrected chi connectivity index (χ2v) is 7.76. The summed E-state index contributed by atoms with van der Waals surface area (Å²) >= 11 is 0. The minimum Gasteiger partial charge on any atom is -0.497 e. The van der Waals surface area contributed by atoms with Crippen LogP contribution < -0.4 is 19.4 Å². The predicted octanol–water partition coefficient (Wildman–Crippen LogP) is 2.26. The highest BCUT2D eigenvalue weighted by molar-refractivity contribution is 5.52. The number of aryl methyl sites for hydroxylation is 1. The first-order valence-corrected chi connectivity index (χ1v) is 10.6. The fraction of sp³-hybridized carbons (Fsp3) is 0.545. The number of nitrogens with zero attached hydrogens (tertiary/aromatic N) is 6. The van der Waals surface area contributed by atoms with Gasteiger partial charge in [0.25, 0.3) is 0 Å². The summed E-state index contributed by atoms with van der Waals surface area (Å²) in [5, 5.41) is 0. The lowest BCUT2D eigenvalue weighted by atomic mass is 10.2. The number of ether oxygens (including phenoxy) is 1. The van der Waals surface area contributed by atoms with Gasteiger partial charge in [-0.1, -0.05) is 6.92 Å². The van der Waals surface area contributed by atoms with Gasteiger partial charge in [-0.05, 0) is 37.7 Å². The Morgan fingerprint density at radius 3 is 2.07 bits per heavy atom. The number of hydrogen-bond acceptors (Lipinski definition) is 7. The molecule has 2 aliphatic rings. The lowest BCUT2D eigenvalue weighted by Crippen LogP contribution is -2.48. The molecule has 4 rings (SSSR count). The monoisotopic (exact) mass is 396 g/mol. The first-order valence-electron chi connectivity index (χ1n) is 10.6. The lowest BCUT2D eigenvalue weighted by molar-refractivity contribution is 0.270. The highest BCUT2D eigenvalue weighted by Crippen LogP contribution is 2.23. The first kappa shape index (κ1) is 19.8. The van der Waals surface area contributed by atoms with Crippen molar-refractivity contribution in [3.05, 3.63) is 36.0 Å². The maximum absolute atomic E-state index is 5.27. The average Bonchev–Trinajstić information content (AvgIpc) is 2.79. The highest BCUT2D eigenvalue weighted by atomic mass is 16.5. The molecule has 0 bridgehead atoms. The van der Waals surface area contributed by atoms with Crippen LogP contribution in [0.15, 0.2) is 30.3 Å². The minimum absolute atomic E-state index is 0.868. The average molecular weight is 397 g/mol. The van der Waals surface area contributed by atoms with Gasteiger partial charge in [-0.3, -0.25) is 0 Å². The topological polar surface area (TPSA) is 48.0 Å². The Hall–Kier alpha value is -2.54.